The number of nitrogens with zero attached hydrogens (tertiary/aromatic N) is 1. The molecule has 1 aliphatic heterocycles. The number of para-hydroxylation sites is 1. The lowest BCUT2D eigenvalue weighted by Crippen LogP contribution is -2.42. The summed E-state index contributed by atoms with van der Waals surface area (Å²) >= 11 is 5.14. The van der Waals surface area contributed by atoms with Gasteiger partial charge in [-0.3, -0.25) is 4.79 Å². The van der Waals surface area contributed by atoms with Crippen molar-refractivity contribution in [2.75, 3.05) is 11.9 Å². The van der Waals surface area contributed by atoms with Crippen molar-refractivity contribution in [2.45, 2.75) is 19.5 Å². The number of hydrogen-bond acceptors (Lipinski definition) is 3. The van der Waals surface area contributed by atoms with E-state index in [4.69, 9.17) is 0 Å². The van der Waals surface area contributed by atoms with Gasteiger partial charge in [0.2, 0.25) is 0 Å². The van der Waals surface area contributed by atoms with Crippen LogP contribution in [0.3, 0.4) is 0 Å². The normalized spacial score (nSPS) is 17.8. The van der Waals surface area contributed by atoms with Crippen molar-refractivity contribution in [3.05, 3.63) is 50.6 Å². The number of carbonyl (C=O) groups excluding carboxylic acids is 1. The van der Waals surface area contributed by atoms with Crippen LogP contribution >= 0.6 is 27.3 Å². The molecule has 2 aromatic rings. The Labute approximate surface area is 130 Å². The molecule has 0 saturated heterocycles. The van der Waals surface area contributed by atoms with E-state index < -0.39 is 0 Å². The summed E-state index contributed by atoms with van der Waals surface area (Å²) in [4.78, 5) is 15.7. The second-order valence-corrected chi connectivity index (χ2v) is 6.62. The van der Waals surface area contributed by atoms with Gasteiger partial charge in [0, 0.05) is 27.0 Å². The molecule has 20 heavy (non-hydrogen) atoms. The van der Waals surface area contributed by atoms with E-state index in [1.807, 2.05) is 34.5 Å². The highest BCUT2D eigenvalue weighted by atomic mass is 79.9. The molecule has 1 atom stereocenters. The zero-order valence-electron chi connectivity index (χ0n) is 11.1. The second-order valence-electron chi connectivity index (χ2n) is 4.76. The van der Waals surface area contributed by atoms with E-state index in [-0.39, 0.29) is 12.1 Å². The van der Waals surface area contributed by atoms with Gasteiger partial charge in [0.25, 0.3) is 5.91 Å². The van der Waals surface area contributed by atoms with Crippen LogP contribution < -0.4 is 5.32 Å². The Morgan fingerprint density at radius 1 is 1.40 bits per heavy atom. The predicted molar refractivity (Wildman–Crippen MR) is 86.2 cm³/mol. The molecule has 1 amide bonds. The molecule has 0 radical (unpaired) electrons. The summed E-state index contributed by atoms with van der Waals surface area (Å²) in [6, 6.07) is 9.78. The Morgan fingerprint density at radius 2 is 2.20 bits per heavy atom. The fourth-order valence-corrected chi connectivity index (χ4v) is 3.97. The number of nitrogens with one attached hydrogen (secondary N) is 1. The van der Waals surface area contributed by atoms with Gasteiger partial charge in [0.15, 0.2) is 0 Å². The van der Waals surface area contributed by atoms with Crippen molar-refractivity contribution >= 4 is 38.9 Å². The molecular formula is C15H15BrN2OS. The van der Waals surface area contributed by atoms with Gasteiger partial charge in [0.1, 0.15) is 6.17 Å². The molecule has 1 aromatic carbocycles. The molecule has 104 valence electrons. The topological polar surface area (TPSA) is 32.3 Å². The minimum atomic E-state index is -0.0753. The first-order valence-corrected chi connectivity index (χ1v) is 8.28. The van der Waals surface area contributed by atoms with E-state index in [0.29, 0.717) is 0 Å². The van der Waals surface area contributed by atoms with Crippen molar-refractivity contribution in [2.24, 2.45) is 0 Å². The molecule has 3 nitrogen and oxygen atoms in total. The SMILES string of the molecule is CCCN1C(=O)c2ccccc2N[C@@H]1c1cc(Br)cs1. The first kappa shape index (κ1) is 13.6. The van der Waals surface area contributed by atoms with Gasteiger partial charge in [-0.2, -0.15) is 0 Å². The highest BCUT2D eigenvalue weighted by Crippen LogP contribution is 2.36. The van der Waals surface area contributed by atoms with Crippen LogP contribution in [0.1, 0.15) is 34.7 Å². The molecule has 1 aromatic heterocycles. The van der Waals surface area contributed by atoms with Crippen LogP contribution in [0.2, 0.25) is 0 Å². The van der Waals surface area contributed by atoms with Gasteiger partial charge in [-0.1, -0.05) is 19.1 Å². The zero-order chi connectivity index (χ0) is 14.1. The number of halogens is 1. The van der Waals surface area contributed by atoms with Gasteiger partial charge in [-0.05, 0) is 40.5 Å². The predicted octanol–water partition coefficient (Wildman–Crippen LogP) is 4.49. The van der Waals surface area contributed by atoms with Crippen molar-refractivity contribution in [3.8, 4) is 0 Å². The monoisotopic (exact) mass is 350 g/mol. The van der Waals surface area contributed by atoms with Crippen LogP contribution in [0, 0.1) is 0 Å². The summed E-state index contributed by atoms with van der Waals surface area (Å²) in [5, 5.41) is 5.53. The summed E-state index contributed by atoms with van der Waals surface area (Å²) in [5.74, 6) is 0.107. The Kier molecular flexibility index (Phi) is 3.81. The van der Waals surface area contributed by atoms with E-state index in [2.05, 4.69) is 34.2 Å². The van der Waals surface area contributed by atoms with E-state index in [1.165, 1.54) is 0 Å². The van der Waals surface area contributed by atoms with Crippen molar-refractivity contribution in [3.63, 3.8) is 0 Å². The average molecular weight is 351 g/mol. The molecular weight excluding hydrogens is 336 g/mol. The largest absolute Gasteiger partial charge is 0.360 e. The number of amides is 1. The summed E-state index contributed by atoms with van der Waals surface area (Å²) < 4.78 is 1.06. The summed E-state index contributed by atoms with van der Waals surface area (Å²) in [7, 11) is 0. The lowest BCUT2D eigenvalue weighted by atomic mass is 10.1. The second kappa shape index (κ2) is 5.58. The maximum Gasteiger partial charge on any atom is 0.257 e. The fourth-order valence-electron chi connectivity index (χ4n) is 2.46. The number of thiophene rings is 1. The third-order valence-electron chi connectivity index (χ3n) is 3.34. The van der Waals surface area contributed by atoms with E-state index >= 15 is 0 Å². The number of hydrogen-bond donors (Lipinski definition) is 1. The minimum Gasteiger partial charge on any atom is -0.360 e. The maximum atomic E-state index is 12.7. The highest BCUT2D eigenvalue weighted by Gasteiger charge is 2.32. The highest BCUT2D eigenvalue weighted by molar-refractivity contribution is 9.10. The van der Waals surface area contributed by atoms with Crippen LogP contribution in [0.4, 0.5) is 5.69 Å². The molecule has 0 unspecified atom stereocenters. The number of benzene rings is 1. The summed E-state index contributed by atoms with van der Waals surface area (Å²) in [6.45, 7) is 2.84. The van der Waals surface area contributed by atoms with Crippen LogP contribution in [-0.2, 0) is 0 Å². The van der Waals surface area contributed by atoms with Gasteiger partial charge in [-0.15, -0.1) is 11.3 Å². The molecule has 0 saturated carbocycles. The minimum absolute atomic E-state index is 0.0753. The number of rotatable bonds is 3. The van der Waals surface area contributed by atoms with Crippen molar-refractivity contribution < 1.29 is 4.79 Å². The van der Waals surface area contributed by atoms with Gasteiger partial charge >= 0.3 is 0 Å². The molecule has 0 bridgehead atoms. The van der Waals surface area contributed by atoms with E-state index in [1.54, 1.807) is 11.3 Å². The average Bonchev–Trinajstić information content (AvgIpc) is 2.88. The number of fused-ring (bicyclic) bond motifs is 1. The Morgan fingerprint density at radius 3 is 2.90 bits per heavy atom. The maximum absolute atomic E-state index is 12.7. The zero-order valence-corrected chi connectivity index (χ0v) is 13.5. The quantitative estimate of drug-likeness (QED) is 0.884. The first-order valence-electron chi connectivity index (χ1n) is 6.61. The molecule has 0 fully saturated rings. The Hall–Kier alpha value is -1.33. The molecule has 5 heteroatoms. The first-order chi connectivity index (χ1) is 9.70. The number of anilines is 1. The Balaban J connectivity index is 2.03. The van der Waals surface area contributed by atoms with Gasteiger partial charge in [-0.25, -0.2) is 0 Å². The summed E-state index contributed by atoms with van der Waals surface area (Å²) in [6.07, 6.45) is 0.868. The molecule has 1 N–H and O–H groups in total. The van der Waals surface area contributed by atoms with Crippen molar-refractivity contribution in [1.29, 1.82) is 0 Å². The van der Waals surface area contributed by atoms with Crippen LogP contribution in [0.15, 0.2) is 40.2 Å². The fraction of sp³-hybridized carbons (Fsp3) is 0.267. The Bertz CT molecular complexity index is 640. The molecule has 1 aliphatic rings. The molecule has 2 heterocycles. The molecule has 0 aliphatic carbocycles. The van der Waals surface area contributed by atoms with E-state index in [9.17, 15) is 4.79 Å². The standard InChI is InChI=1S/C15H15BrN2OS/c1-2-7-18-14(13-8-10(16)9-20-13)17-12-6-4-3-5-11(12)15(18)19/h3-6,8-9,14,17H,2,7H2,1H3/t14-/m0/s1. The third-order valence-corrected chi connectivity index (χ3v) is 5.09. The van der Waals surface area contributed by atoms with Gasteiger partial charge < -0.3 is 10.2 Å². The third kappa shape index (κ3) is 2.36. The van der Waals surface area contributed by atoms with Gasteiger partial charge in [0.05, 0.1) is 5.56 Å². The van der Waals surface area contributed by atoms with Crippen molar-refractivity contribution in [1.82, 2.24) is 4.90 Å². The van der Waals surface area contributed by atoms with Crippen LogP contribution in [0.25, 0.3) is 0 Å². The number of carbonyl (C=O) groups is 1. The smallest absolute Gasteiger partial charge is 0.257 e. The summed E-state index contributed by atoms with van der Waals surface area (Å²) in [5.41, 5.74) is 1.67. The molecule has 3 rings (SSSR count). The van der Waals surface area contributed by atoms with Crippen LogP contribution in [0.5, 0.6) is 0 Å². The van der Waals surface area contributed by atoms with E-state index in [0.717, 1.165) is 33.6 Å². The molecule has 0 spiro atoms. The van der Waals surface area contributed by atoms with Crippen LogP contribution in [-0.4, -0.2) is 17.4 Å². The lowest BCUT2D eigenvalue weighted by Gasteiger charge is -2.37. The lowest BCUT2D eigenvalue weighted by molar-refractivity contribution is 0.0686.